The van der Waals surface area contributed by atoms with Gasteiger partial charge in [-0.3, -0.25) is 9.88 Å². The summed E-state index contributed by atoms with van der Waals surface area (Å²) < 4.78 is 5.89. The second-order valence-electron chi connectivity index (χ2n) is 5.87. The molecule has 1 aliphatic rings. The number of carbonyl (C=O) groups excluding carboxylic acids is 2. The molecule has 0 fully saturated rings. The van der Waals surface area contributed by atoms with Crippen molar-refractivity contribution in [2.24, 2.45) is 0 Å². The van der Waals surface area contributed by atoms with Crippen molar-refractivity contribution in [3.05, 3.63) is 75.7 Å². The number of ether oxygens (including phenoxy) is 1. The third-order valence-electron chi connectivity index (χ3n) is 4.27. The molecule has 0 radical (unpaired) electrons. The molecule has 0 saturated heterocycles. The summed E-state index contributed by atoms with van der Waals surface area (Å²) in [6.07, 6.45) is 3.37. The van der Waals surface area contributed by atoms with Crippen molar-refractivity contribution in [1.29, 1.82) is 0 Å². The van der Waals surface area contributed by atoms with Crippen LogP contribution in [0, 0.1) is 0 Å². The number of urea groups is 1. The lowest BCUT2D eigenvalue weighted by Gasteiger charge is -2.35. The summed E-state index contributed by atoms with van der Waals surface area (Å²) in [7, 11) is 1.34. The van der Waals surface area contributed by atoms with Crippen molar-refractivity contribution in [2.75, 3.05) is 7.11 Å². The van der Waals surface area contributed by atoms with Gasteiger partial charge in [0.1, 0.15) is 0 Å². The van der Waals surface area contributed by atoms with Crippen molar-refractivity contribution in [2.45, 2.75) is 19.5 Å². The van der Waals surface area contributed by atoms with E-state index < -0.39 is 12.0 Å². The zero-order valence-electron chi connectivity index (χ0n) is 14.4. The smallest absolute Gasteiger partial charge is 0.337 e. The Morgan fingerprint density at radius 1 is 1.31 bits per heavy atom. The molecule has 1 aromatic carbocycles. The van der Waals surface area contributed by atoms with Gasteiger partial charge in [-0.15, -0.1) is 0 Å². The molecule has 1 aromatic heterocycles. The Balaban J connectivity index is 2.02. The lowest BCUT2D eigenvalue weighted by atomic mass is 9.95. The average Bonchev–Trinajstić information content (AvgIpc) is 2.65. The molecule has 1 aliphatic heterocycles. The molecule has 1 atom stereocenters. The van der Waals surface area contributed by atoms with Crippen molar-refractivity contribution in [1.82, 2.24) is 15.2 Å². The van der Waals surface area contributed by atoms with Crippen LogP contribution in [0.2, 0.25) is 0 Å². The largest absolute Gasteiger partial charge is 0.466 e. The molecule has 0 bridgehead atoms. The summed E-state index contributed by atoms with van der Waals surface area (Å²) in [5.74, 6) is -0.466. The average molecular weight is 416 g/mol. The maximum Gasteiger partial charge on any atom is 0.337 e. The number of hydrogen-bond acceptors (Lipinski definition) is 4. The fourth-order valence-corrected chi connectivity index (χ4v) is 3.19. The molecule has 2 heterocycles. The molecule has 1 unspecified atom stereocenters. The second-order valence-corrected chi connectivity index (χ2v) is 6.79. The highest BCUT2D eigenvalue weighted by molar-refractivity contribution is 9.10. The van der Waals surface area contributed by atoms with E-state index in [9.17, 15) is 9.59 Å². The van der Waals surface area contributed by atoms with E-state index in [0.29, 0.717) is 17.8 Å². The van der Waals surface area contributed by atoms with Crippen LogP contribution < -0.4 is 5.32 Å². The van der Waals surface area contributed by atoms with Crippen LogP contribution in [-0.4, -0.2) is 29.0 Å². The van der Waals surface area contributed by atoms with E-state index in [1.165, 1.54) is 12.0 Å². The van der Waals surface area contributed by atoms with Crippen LogP contribution >= 0.6 is 15.9 Å². The van der Waals surface area contributed by atoms with Gasteiger partial charge >= 0.3 is 12.0 Å². The van der Waals surface area contributed by atoms with Crippen LogP contribution in [0.1, 0.15) is 24.1 Å². The lowest BCUT2D eigenvalue weighted by Crippen LogP contribution is -2.47. The Hall–Kier alpha value is -2.67. The summed E-state index contributed by atoms with van der Waals surface area (Å²) in [4.78, 5) is 30.8. The van der Waals surface area contributed by atoms with Gasteiger partial charge in [-0.05, 0) is 36.2 Å². The van der Waals surface area contributed by atoms with Gasteiger partial charge in [-0.1, -0.05) is 34.1 Å². The quantitative estimate of drug-likeness (QED) is 0.774. The predicted molar refractivity (Wildman–Crippen MR) is 99.9 cm³/mol. The van der Waals surface area contributed by atoms with E-state index >= 15 is 0 Å². The van der Waals surface area contributed by atoms with Crippen LogP contribution in [0.5, 0.6) is 0 Å². The Morgan fingerprint density at radius 3 is 2.65 bits per heavy atom. The Bertz CT molecular complexity index is 850. The van der Waals surface area contributed by atoms with Gasteiger partial charge < -0.3 is 10.1 Å². The van der Waals surface area contributed by atoms with Crippen molar-refractivity contribution in [3.63, 3.8) is 0 Å². The number of carbonyl (C=O) groups is 2. The van der Waals surface area contributed by atoms with E-state index in [1.54, 1.807) is 19.3 Å². The van der Waals surface area contributed by atoms with Crippen LogP contribution in [0.15, 0.2) is 64.5 Å². The van der Waals surface area contributed by atoms with Gasteiger partial charge in [0.15, 0.2) is 0 Å². The van der Waals surface area contributed by atoms with Gasteiger partial charge in [-0.25, -0.2) is 9.59 Å². The number of allylic oxidation sites excluding steroid dienone is 1. The van der Waals surface area contributed by atoms with Gasteiger partial charge in [0, 0.05) is 22.6 Å². The second kappa shape index (κ2) is 7.70. The molecule has 7 heteroatoms. The molecular formula is C19H18BrN3O3. The number of methoxy groups -OCH3 is 1. The fraction of sp³-hybridized carbons (Fsp3) is 0.211. The molecular weight excluding hydrogens is 398 g/mol. The van der Waals surface area contributed by atoms with Crippen molar-refractivity contribution < 1.29 is 14.3 Å². The molecule has 2 amide bonds. The molecule has 6 nitrogen and oxygen atoms in total. The summed E-state index contributed by atoms with van der Waals surface area (Å²) in [5.41, 5.74) is 2.66. The number of halogens is 1. The minimum atomic E-state index is -0.562. The van der Waals surface area contributed by atoms with E-state index in [0.717, 1.165) is 15.6 Å². The normalized spacial score (nSPS) is 17.1. The van der Waals surface area contributed by atoms with E-state index in [-0.39, 0.29) is 6.03 Å². The number of hydrogen-bond donors (Lipinski definition) is 1. The summed E-state index contributed by atoms with van der Waals surface area (Å²) >= 11 is 3.39. The number of aromatic nitrogens is 1. The minimum Gasteiger partial charge on any atom is -0.466 e. The Kier molecular flexibility index (Phi) is 5.37. The molecule has 0 spiro atoms. The highest BCUT2D eigenvalue weighted by atomic mass is 79.9. The number of rotatable bonds is 4. The number of esters is 1. The van der Waals surface area contributed by atoms with Gasteiger partial charge in [0.05, 0.1) is 25.3 Å². The van der Waals surface area contributed by atoms with Crippen molar-refractivity contribution in [3.8, 4) is 0 Å². The zero-order chi connectivity index (χ0) is 18.7. The molecule has 3 rings (SSSR count). The lowest BCUT2D eigenvalue weighted by molar-refractivity contribution is -0.136. The molecule has 0 aliphatic carbocycles. The van der Waals surface area contributed by atoms with Gasteiger partial charge in [0.2, 0.25) is 0 Å². The Labute approximate surface area is 160 Å². The van der Waals surface area contributed by atoms with Gasteiger partial charge in [0.25, 0.3) is 0 Å². The van der Waals surface area contributed by atoms with Crippen LogP contribution in [0.3, 0.4) is 0 Å². The first kappa shape index (κ1) is 18.1. The SMILES string of the molecule is COC(=O)C1=C(C)N(Cc2cccnc2)C(=O)NC1c1ccc(Br)cc1. The first-order chi connectivity index (χ1) is 12.5. The standard InChI is InChI=1S/C19H18BrN3O3/c1-12-16(18(24)26-2)17(14-5-7-15(20)8-6-14)22-19(25)23(12)11-13-4-3-9-21-10-13/h3-10,17H,11H2,1-2H3,(H,22,25). The van der Waals surface area contributed by atoms with Crippen LogP contribution in [0.25, 0.3) is 0 Å². The third-order valence-corrected chi connectivity index (χ3v) is 4.80. The number of nitrogens with one attached hydrogen (secondary N) is 1. The highest BCUT2D eigenvalue weighted by Gasteiger charge is 2.36. The van der Waals surface area contributed by atoms with Crippen LogP contribution in [-0.2, 0) is 16.1 Å². The number of nitrogens with zero attached hydrogens (tertiary/aromatic N) is 2. The third kappa shape index (κ3) is 3.62. The monoisotopic (exact) mass is 415 g/mol. The van der Waals surface area contributed by atoms with Crippen molar-refractivity contribution >= 4 is 27.9 Å². The molecule has 134 valence electrons. The fourth-order valence-electron chi connectivity index (χ4n) is 2.93. The Morgan fingerprint density at radius 2 is 2.04 bits per heavy atom. The molecule has 0 saturated carbocycles. The summed E-state index contributed by atoms with van der Waals surface area (Å²) in [6.45, 7) is 2.08. The minimum absolute atomic E-state index is 0.271. The van der Waals surface area contributed by atoms with Gasteiger partial charge in [-0.2, -0.15) is 0 Å². The van der Waals surface area contributed by atoms with E-state index in [2.05, 4.69) is 26.2 Å². The summed E-state index contributed by atoms with van der Waals surface area (Å²) in [5, 5.41) is 2.91. The predicted octanol–water partition coefficient (Wildman–Crippen LogP) is 3.56. The van der Waals surface area contributed by atoms with E-state index in [4.69, 9.17) is 4.74 Å². The first-order valence-corrected chi connectivity index (χ1v) is 8.82. The first-order valence-electron chi connectivity index (χ1n) is 8.02. The topological polar surface area (TPSA) is 71.5 Å². The molecule has 1 N–H and O–H groups in total. The maximum absolute atomic E-state index is 12.7. The zero-order valence-corrected chi connectivity index (χ0v) is 16.0. The molecule has 2 aromatic rings. The molecule has 26 heavy (non-hydrogen) atoms. The van der Waals surface area contributed by atoms with Crippen LogP contribution in [0.4, 0.5) is 4.79 Å². The number of benzene rings is 1. The highest BCUT2D eigenvalue weighted by Crippen LogP contribution is 2.32. The number of pyridine rings is 1. The maximum atomic E-state index is 12.7. The number of amides is 2. The summed E-state index contributed by atoms with van der Waals surface area (Å²) in [6, 6.07) is 10.3. The van der Waals surface area contributed by atoms with E-state index in [1.807, 2.05) is 36.4 Å².